The number of hydrazone groups is 1. The first-order valence-corrected chi connectivity index (χ1v) is 8.60. The minimum atomic E-state index is -0.466. The van der Waals surface area contributed by atoms with Crippen LogP contribution in [-0.2, 0) is 0 Å². The molecule has 30 heavy (non-hydrogen) atoms. The van der Waals surface area contributed by atoms with Crippen molar-refractivity contribution in [2.75, 3.05) is 10.2 Å². The van der Waals surface area contributed by atoms with Crippen molar-refractivity contribution in [1.82, 2.24) is 0 Å². The van der Waals surface area contributed by atoms with Crippen molar-refractivity contribution < 1.29 is 27.7 Å². The number of hydrogen-bond acceptors (Lipinski definition) is 7. The molecule has 0 unspecified atom stereocenters. The van der Waals surface area contributed by atoms with E-state index in [4.69, 9.17) is 0 Å². The van der Waals surface area contributed by atoms with Crippen molar-refractivity contribution in [3.05, 3.63) is 105 Å². The smallest absolute Gasteiger partial charge is 0.277 e. The fourth-order valence-corrected chi connectivity index (χ4v) is 2.89. The van der Waals surface area contributed by atoms with Crippen LogP contribution in [0.5, 0.6) is 0 Å². The van der Waals surface area contributed by atoms with E-state index in [9.17, 15) is 20.2 Å². The summed E-state index contributed by atoms with van der Waals surface area (Å²) in [7, 11) is 0. The molecule has 3 aromatic rings. The molecule has 0 saturated heterocycles. The standard InChI is InChI=1S/C19H14N6O4.ClH/c26-24(27)17-10-6-15(7-11-17)22-20-19(14-4-2-1-3-5-14)21-23(22)16-8-12-18(13-9-16)25(28)29;/h1-13H,(H,20,21);1H. The fourth-order valence-electron chi connectivity index (χ4n) is 2.89. The van der Waals surface area contributed by atoms with Crippen LogP contribution in [0.2, 0.25) is 0 Å². The van der Waals surface area contributed by atoms with Gasteiger partial charge < -0.3 is 12.4 Å². The summed E-state index contributed by atoms with van der Waals surface area (Å²) in [6, 6.07) is 21.6. The highest BCUT2D eigenvalue weighted by molar-refractivity contribution is 5.93. The second kappa shape index (κ2) is 8.55. The van der Waals surface area contributed by atoms with Crippen molar-refractivity contribution in [3.63, 3.8) is 0 Å². The van der Waals surface area contributed by atoms with E-state index in [0.29, 0.717) is 17.2 Å². The number of quaternary nitrogens is 1. The highest BCUT2D eigenvalue weighted by atomic mass is 35.5. The van der Waals surface area contributed by atoms with Crippen LogP contribution in [0.4, 0.5) is 22.7 Å². The maximum absolute atomic E-state index is 10.9. The molecule has 4 rings (SSSR count). The third-order valence-electron chi connectivity index (χ3n) is 4.34. The average Bonchev–Trinajstić information content (AvgIpc) is 3.20. The van der Waals surface area contributed by atoms with Gasteiger partial charge in [-0.3, -0.25) is 20.2 Å². The summed E-state index contributed by atoms with van der Waals surface area (Å²) < 4.78 is 0. The van der Waals surface area contributed by atoms with Crippen LogP contribution in [-0.4, -0.2) is 15.7 Å². The molecular formula is C19H15ClN6O4. The highest BCUT2D eigenvalue weighted by Gasteiger charge is 2.31. The summed E-state index contributed by atoms with van der Waals surface area (Å²) in [6.07, 6.45) is 0. The number of anilines is 2. The van der Waals surface area contributed by atoms with Gasteiger partial charge in [0.1, 0.15) is 5.69 Å². The van der Waals surface area contributed by atoms with Gasteiger partial charge in [-0.1, -0.05) is 23.3 Å². The second-order valence-electron chi connectivity index (χ2n) is 6.16. The van der Waals surface area contributed by atoms with E-state index in [1.165, 1.54) is 24.3 Å². The molecule has 0 fully saturated rings. The molecule has 1 aliphatic rings. The lowest BCUT2D eigenvalue weighted by atomic mass is 10.2. The van der Waals surface area contributed by atoms with Crippen molar-refractivity contribution in [2.24, 2.45) is 5.10 Å². The molecule has 3 aromatic carbocycles. The van der Waals surface area contributed by atoms with Gasteiger partial charge in [0.2, 0.25) is 0 Å². The zero-order valence-electron chi connectivity index (χ0n) is 15.3. The number of rotatable bonds is 5. The Bertz CT molecular complexity index is 1090. The molecule has 1 heterocycles. The number of halogens is 1. The maximum atomic E-state index is 10.9. The number of nitro benzene ring substituents is 2. The quantitative estimate of drug-likeness (QED) is 0.336. The predicted octanol–water partition coefficient (Wildman–Crippen LogP) is -0.411. The lowest BCUT2D eigenvalue weighted by molar-refractivity contribution is -0.545. The summed E-state index contributed by atoms with van der Waals surface area (Å²) in [5.41, 5.74) is 3.92. The molecular weight excluding hydrogens is 412 g/mol. The van der Waals surface area contributed by atoms with Gasteiger partial charge in [0, 0.05) is 24.3 Å². The minimum Gasteiger partial charge on any atom is -1.00 e. The molecule has 0 aliphatic carbocycles. The second-order valence-corrected chi connectivity index (χ2v) is 6.16. The summed E-state index contributed by atoms with van der Waals surface area (Å²) in [5, 5.41) is 29.8. The first kappa shape index (κ1) is 20.7. The van der Waals surface area contributed by atoms with Crippen LogP contribution >= 0.6 is 0 Å². The minimum absolute atomic E-state index is 0. The Morgan fingerprint density at radius 1 is 0.733 bits per heavy atom. The number of nitrogens with two attached hydrogens (primary N) is 1. The molecule has 10 nitrogen and oxygen atoms in total. The van der Waals surface area contributed by atoms with Crippen LogP contribution < -0.4 is 28.1 Å². The molecule has 0 spiro atoms. The van der Waals surface area contributed by atoms with Crippen LogP contribution in [0.15, 0.2) is 84.0 Å². The Morgan fingerprint density at radius 3 is 1.73 bits per heavy atom. The molecule has 11 heteroatoms. The molecule has 0 atom stereocenters. The van der Waals surface area contributed by atoms with Crippen molar-refractivity contribution in [1.29, 1.82) is 0 Å². The van der Waals surface area contributed by atoms with Crippen LogP contribution in [0.3, 0.4) is 0 Å². The van der Waals surface area contributed by atoms with E-state index in [2.05, 4.69) is 5.10 Å². The normalized spacial score (nSPS) is 12.9. The summed E-state index contributed by atoms with van der Waals surface area (Å²) in [6.45, 7) is 0. The van der Waals surface area contributed by atoms with Crippen molar-refractivity contribution in [3.8, 4) is 0 Å². The SMILES string of the molecule is O=[N+]([O-])c1ccc(N2N=C(c3ccccc3)[NH2+]N2c2ccc([N+](=O)[O-])cc2)cc1.[Cl-]. The largest absolute Gasteiger partial charge is 1.00 e. The van der Waals surface area contributed by atoms with Crippen LogP contribution in [0.25, 0.3) is 0 Å². The number of benzene rings is 3. The molecule has 0 radical (unpaired) electrons. The van der Waals surface area contributed by atoms with Gasteiger partial charge in [-0.05, 0) is 36.4 Å². The lowest BCUT2D eigenvalue weighted by Crippen LogP contribution is -3.00. The van der Waals surface area contributed by atoms with E-state index >= 15 is 0 Å². The molecule has 0 saturated carbocycles. The van der Waals surface area contributed by atoms with Crippen LogP contribution in [0, 0.1) is 20.2 Å². The Morgan fingerprint density at radius 2 is 1.23 bits per heavy atom. The highest BCUT2D eigenvalue weighted by Crippen LogP contribution is 2.26. The maximum Gasteiger partial charge on any atom is 0.277 e. The Kier molecular flexibility index (Phi) is 5.90. The van der Waals surface area contributed by atoms with Gasteiger partial charge in [-0.15, -0.1) is 10.2 Å². The number of hydrazine groups is 1. The van der Waals surface area contributed by atoms with Gasteiger partial charge >= 0.3 is 0 Å². The predicted molar refractivity (Wildman–Crippen MR) is 106 cm³/mol. The third kappa shape index (κ3) is 4.04. The molecule has 0 amide bonds. The molecule has 2 N–H and O–H groups in total. The number of nitrogens with zero attached hydrogens (tertiary/aromatic N) is 5. The van der Waals surface area contributed by atoms with Gasteiger partial charge in [0.15, 0.2) is 0 Å². The summed E-state index contributed by atoms with van der Waals surface area (Å²) in [4.78, 5) is 20.9. The van der Waals surface area contributed by atoms with Crippen LogP contribution in [0.1, 0.15) is 5.56 Å². The summed E-state index contributed by atoms with van der Waals surface area (Å²) in [5.74, 6) is 0.683. The van der Waals surface area contributed by atoms with E-state index in [-0.39, 0.29) is 23.8 Å². The number of nitro groups is 2. The average molecular weight is 427 g/mol. The van der Waals surface area contributed by atoms with Gasteiger partial charge in [0.25, 0.3) is 17.2 Å². The van der Waals surface area contributed by atoms with Gasteiger partial charge in [0.05, 0.1) is 21.1 Å². The molecule has 0 aromatic heterocycles. The first-order chi connectivity index (χ1) is 14.0. The molecule has 1 aliphatic heterocycles. The third-order valence-corrected chi connectivity index (χ3v) is 4.34. The van der Waals surface area contributed by atoms with Gasteiger partial charge in [-0.25, -0.2) is 0 Å². The van der Waals surface area contributed by atoms with Gasteiger partial charge in [-0.2, -0.15) is 5.43 Å². The van der Waals surface area contributed by atoms with Crippen molar-refractivity contribution >= 4 is 28.6 Å². The summed E-state index contributed by atoms with van der Waals surface area (Å²) >= 11 is 0. The monoisotopic (exact) mass is 426 g/mol. The van der Waals surface area contributed by atoms with E-state index < -0.39 is 9.85 Å². The lowest BCUT2D eigenvalue weighted by Gasteiger charge is -2.23. The fraction of sp³-hybridized carbons (Fsp3) is 0. The number of hydrogen-bond donors (Lipinski definition) is 1. The molecule has 0 bridgehead atoms. The Hall–Kier alpha value is -4.02. The van der Waals surface area contributed by atoms with Crippen molar-refractivity contribution in [2.45, 2.75) is 0 Å². The van der Waals surface area contributed by atoms with E-state index in [0.717, 1.165) is 5.56 Å². The van der Waals surface area contributed by atoms with E-state index in [1.54, 1.807) is 39.9 Å². The Balaban J connectivity index is 0.00000256. The number of non-ortho nitro benzene ring substituents is 2. The zero-order chi connectivity index (χ0) is 20.4. The topological polar surface area (TPSA) is 122 Å². The first-order valence-electron chi connectivity index (χ1n) is 8.60. The Labute approximate surface area is 176 Å². The zero-order valence-corrected chi connectivity index (χ0v) is 16.1. The van der Waals surface area contributed by atoms with E-state index in [1.807, 2.05) is 30.3 Å². The number of amidine groups is 1. The molecule has 152 valence electrons.